The lowest BCUT2D eigenvalue weighted by Crippen LogP contribution is -2.37. The molecule has 0 saturated heterocycles. The molecule has 10 heteroatoms. The van der Waals surface area contributed by atoms with E-state index in [4.69, 9.17) is 5.73 Å². The second-order valence-corrected chi connectivity index (χ2v) is 7.90. The minimum atomic E-state index is -0.494. The van der Waals surface area contributed by atoms with E-state index in [0.717, 1.165) is 31.4 Å². The van der Waals surface area contributed by atoms with E-state index in [-0.39, 0.29) is 17.1 Å². The number of carbonyl (C=O) groups excluding carboxylic acids is 2. The molecule has 2 aromatic heterocycles. The highest BCUT2D eigenvalue weighted by Gasteiger charge is 2.28. The van der Waals surface area contributed by atoms with Crippen molar-refractivity contribution < 1.29 is 9.59 Å². The van der Waals surface area contributed by atoms with Crippen molar-refractivity contribution in [2.45, 2.75) is 31.6 Å². The molecular weight excluding hydrogens is 408 g/mol. The van der Waals surface area contributed by atoms with Crippen LogP contribution >= 0.6 is 0 Å². The number of hydrogen-bond acceptors (Lipinski definition) is 8. The van der Waals surface area contributed by atoms with E-state index in [1.165, 1.54) is 19.6 Å². The van der Waals surface area contributed by atoms with Crippen molar-refractivity contribution in [2.75, 3.05) is 18.9 Å². The molecule has 0 spiro atoms. The average Bonchev–Trinajstić information content (AvgIpc) is 3.73. The summed E-state index contributed by atoms with van der Waals surface area (Å²) in [4.78, 5) is 42.6. The van der Waals surface area contributed by atoms with Gasteiger partial charge in [-0.2, -0.15) is 0 Å². The molecule has 166 valence electrons. The number of aromatic nitrogens is 3. The third-order valence-electron chi connectivity index (χ3n) is 5.28. The molecule has 0 aliphatic heterocycles. The molecule has 2 aliphatic rings. The molecule has 0 unspecified atom stereocenters. The van der Waals surface area contributed by atoms with Crippen LogP contribution in [-0.4, -0.2) is 46.1 Å². The van der Waals surface area contributed by atoms with Gasteiger partial charge in [0, 0.05) is 31.4 Å². The van der Waals surface area contributed by atoms with Gasteiger partial charge in [-0.05, 0) is 43.7 Å². The Labute approximate surface area is 185 Å². The maximum Gasteiger partial charge on any atom is 0.276 e. The molecule has 5 N–H and O–H groups in total. The summed E-state index contributed by atoms with van der Waals surface area (Å²) in [6, 6.07) is 3.72. The summed E-state index contributed by atoms with van der Waals surface area (Å²) in [5.74, 6) is -0.0689. The first-order chi connectivity index (χ1) is 15.6. The van der Waals surface area contributed by atoms with Crippen molar-refractivity contribution >= 4 is 28.9 Å². The maximum absolute atomic E-state index is 13.3. The van der Waals surface area contributed by atoms with Crippen LogP contribution in [0.5, 0.6) is 0 Å². The van der Waals surface area contributed by atoms with Crippen LogP contribution in [0.25, 0.3) is 0 Å². The van der Waals surface area contributed by atoms with Crippen LogP contribution in [0.15, 0.2) is 47.7 Å². The number of amides is 2. The lowest BCUT2D eigenvalue weighted by atomic mass is 10.2. The van der Waals surface area contributed by atoms with Gasteiger partial charge in [-0.3, -0.25) is 14.6 Å². The molecule has 2 amide bonds. The number of aliphatic imine (C=N–C) groups is 1. The van der Waals surface area contributed by atoms with Gasteiger partial charge in [0.15, 0.2) is 5.69 Å². The third-order valence-corrected chi connectivity index (χ3v) is 5.28. The standard InChI is InChI=1S/C22H26N8O2/c1-24-21(31)19(27-9-13-2-3-13)18(8-23)30-22(32)20-17(28-15-10-25-12-26-11-15)7-6-16(29-20)14-4-5-14/h6-8,10-14,28H,2-5,9,23H2,1H3,(H,24,31)(H,30,32). The Morgan fingerprint density at radius 3 is 2.56 bits per heavy atom. The highest BCUT2D eigenvalue weighted by atomic mass is 16.2. The quantitative estimate of drug-likeness (QED) is 0.438. The van der Waals surface area contributed by atoms with E-state index in [0.29, 0.717) is 29.8 Å². The van der Waals surface area contributed by atoms with Gasteiger partial charge in [-0.15, -0.1) is 0 Å². The van der Waals surface area contributed by atoms with E-state index in [2.05, 4.69) is 35.9 Å². The number of anilines is 2. The molecule has 4 rings (SSSR count). The number of nitrogens with one attached hydrogen (secondary N) is 3. The first-order valence-electron chi connectivity index (χ1n) is 10.6. The van der Waals surface area contributed by atoms with Crippen LogP contribution in [-0.2, 0) is 4.79 Å². The van der Waals surface area contributed by atoms with E-state index < -0.39 is 11.8 Å². The number of nitrogens with zero attached hydrogens (tertiary/aromatic N) is 4. The highest BCUT2D eigenvalue weighted by Crippen LogP contribution is 2.39. The minimum Gasteiger partial charge on any atom is -0.403 e. The smallest absolute Gasteiger partial charge is 0.276 e. The van der Waals surface area contributed by atoms with Crippen molar-refractivity contribution in [3.05, 3.63) is 54.1 Å². The molecule has 2 aliphatic carbocycles. The second kappa shape index (κ2) is 9.54. The van der Waals surface area contributed by atoms with E-state index >= 15 is 0 Å². The molecule has 2 fully saturated rings. The summed E-state index contributed by atoms with van der Waals surface area (Å²) in [5.41, 5.74) is 8.18. The van der Waals surface area contributed by atoms with Gasteiger partial charge in [-0.25, -0.2) is 15.0 Å². The molecule has 2 aromatic rings. The Morgan fingerprint density at radius 1 is 1.19 bits per heavy atom. The number of hydrogen-bond donors (Lipinski definition) is 4. The Morgan fingerprint density at radius 2 is 1.94 bits per heavy atom. The summed E-state index contributed by atoms with van der Waals surface area (Å²) >= 11 is 0. The van der Waals surface area contributed by atoms with Gasteiger partial charge in [0.1, 0.15) is 12.0 Å². The Kier molecular flexibility index (Phi) is 6.39. The molecule has 2 saturated carbocycles. The lowest BCUT2D eigenvalue weighted by Gasteiger charge is -2.15. The summed E-state index contributed by atoms with van der Waals surface area (Å²) < 4.78 is 0. The van der Waals surface area contributed by atoms with Crippen molar-refractivity contribution in [3.63, 3.8) is 0 Å². The maximum atomic E-state index is 13.3. The Bertz CT molecular complexity index is 1060. The summed E-state index contributed by atoms with van der Waals surface area (Å²) in [6.07, 6.45) is 10.1. The van der Waals surface area contributed by atoms with Gasteiger partial charge >= 0.3 is 0 Å². The normalized spacial score (nSPS) is 16.4. The zero-order valence-electron chi connectivity index (χ0n) is 17.8. The number of pyridine rings is 1. The van der Waals surface area contributed by atoms with Gasteiger partial charge < -0.3 is 21.7 Å². The van der Waals surface area contributed by atoms with Crippen LogP contribution < -0.4 is 21.7 Å². The summed E-state index contributed by atoms with van der Waals surface area (Å²) in [7, 11) is 1.51. The van der Waals surface area contributed by atoms with Crippen LogP contribution in [0, 0.1) is 5.92 Å². The Balaban J connectivity index is 1.60. The molecule has 0 aromatic carbocycles. The first kappa shape index (κ1) is 21.4. The minimum absolute atomic E-state index is 0.0968. The summed E-state index contributed by atoms with van der Waals surface area (Å²) in [6.45, 7) is 0.520. The molecule has 32 heavy (non-hydrogen) atoms. The predicted molar refractivity (Wildman–Crippen MR) is 120 cm³/mol. The average molecular weight is 435 g/mol. The summed E-state index contributed by atoms with van der Waals surface area (Å²) in [5, 5.41) is 8.42. The van der Waals surface area contributed by atoms with Crippen LogP contribution in [0.1, 0.15) is 47.8 Å². The molecule has 2 heterocycles. The lowest BCUT2D eigenvalue weighted by molar-refractivity contribution is -0.114. The Hall–Kier alpha value is -3.82. The van der Waals surface area contributed by atoms with E-state index in [9.17, 15) is 9.59 Å². The van der Waals surface area contributed by atoms with Crippen molar-refractivity contribution in [1.82, 2.24) is 25.6 Å². The van der Waals surface area contributed by atoms with Crippen molar-refractivity contribution in [3.8, 4) is 0 Å². The van der Waals surface area contributed by atoms with Gasteiger partial charge in [-0.1, -0.05) is 0 Å². The van der Waals surface area contributed by atoms with Crippen LogP contribution in [0.3, 0.4) is 0 Å². The molecule has 10 nitrogen and oxygen atoms in total. The van der Waals surface area contributed by atoms with Gasteiger partial charge in [0.2, 0.25) is 0 Å². The number of rotatable bonds is 9. The molecule has 0 bridgehead atoms. The number of nitrogens with two attached hydrogens (primary N) is 1. The fourth-order valence-electron chi connectivity index (χ4n) is 3.15. The third kappa shape index (κ3) is 5.26. The molecular formula is C22H26N8O2. The van der Waals surface area contributed by atoms with E-state index in [1.54, 1.807) is 12.4 Å². The van der Waals surface area contributed by atoms with E-state index in [1.807, 2.05) is 12.1 Å². The monoisotopic (exact) mass is 434 g/mol. The van der Waals surface area contributed by atoms with Crippen molar-refractivity contribution in [1.29, 1.82) is 0 Å². The van der Waals surface area contributed by atoms with Crippen LogP contribution in [0.2, 0.25) is 0 Å². The first-order valence-corrected chi connectivity index (χ1v) is 10.6. The van der Waals surface area contributed by atoms with Gasteiger partial charge in [0.05, 0.1) is 29.5 Å². The van der Waals surface area contributed by atoms with Crippen molar-refractivity contribution in [2.24, 2.45) is 16.6 Å². The molecule has 0 radical (unpaired) electrons. The predicted octanol–water partition coefficient (Wildman–Crippen LogP) is 1.62. The van der Waals surface area contributed by atoms with Gasteiger partial charge in [0.25, 0.3) is 11.8 Å². The second-order valence-electron chi connectivity index (χ2n) is 7.90. The highest BCUT2D eigenvalue weighted by molar-refractivity contribution is 6.45. The van der Waals surface area contributed by atoms with Crippen LogP contribution in [0.4, 0.5) is 11.4 Å². The fraction of sp³-hybridized carbons (Fsp3) is 0.364. The fourth-order valence-corrected chi connectivity index (χ4v) is 3.15. The molecule has 0 atom stereocenters. The SMILES string of the molecule is CNC(=O)C(=NCC1CC1)C(=CN)NC(=O)c1nc(C2CC2)ccc1Nc1cncnc1. The largest absolute Gasteiger partial charge is 0.403 e. The number of carbonyl (C=O) groups is 2. The topological polar surface area (TPSA) is 147 Å². The zero-order valence-corrected chi connectivity index (χ0v) is 17.8. The zero-order chi connectivity index (χ0) is 22.5.